The van der Waals surface area contributed by atoms with E-state index in [9.17, 15) is 18.0 Å². The minimum absolute atomic E-state index is 0.197. The van der Waals surface area contributed by atoms with Crippen molar-refractivity contribution in [1.82, 2.24) is 16.0 Å². The Labute approximate surface area is 119 Å². The third-order valence-electron chi connectivity index (χ3n) is 2.37. The molecule has 0 fully saturated rings. The van der Waals surface area contributed by atoms with Crippen LogP contribution in [0, 0.1) is 0 Å². The molecule has 1 heterocycles. The Hall–Kier alpha value is -2.19. The molecule has 0 aliphatic carbocycles. The molecule has 118 valence electrons. The highest BCUT2D eigenvalue weighted by Gasteiger charge is 2.26. The molecular weight excluding hydrogens is 289 g/mol. The van der Waals surface area contributed by atoms with E-state index in [0.29, 0.717) is 6.54 Å². The number of nitrogens with one attached hydrogen (secondary N) is 3. The van der Waals surface area contributed by atoms with Crippen molar-refractivity contribution in [3.8, 4) is 0 Å². The summed E-state index contributed by atoms with van der Waals surface area (Å²) in [5, 5.41) is 7.90. The van der Waals surface area contributed by atoms with Crippen LogP contribution < -0.4 is 16.0 Å². The second-order valence-corrected chi connectivity index (χ2v) is 4.02. The number of halogens is 3. The summed E-state index contributed by atoms with van der Waals surface area (Å²) >= 11 is 0. The van der Waals surface area contributed by atoms with Crippen LogP contribution in [-0.4, -0.2) is 44.7 Å². The van der Waals surface area contributed by atoms with Crippen molar-refractivity contribution < 1.29 is 22.4 Å². The van der Waals surface area contributed by atoms with Gasteiger partial charge in [0.15, 0.2) is 11.7 Å². The molecule has 1 aromatic heterocycles. The lowest BCUT2D eigenvalue weighted by Crippen LogP contribution is -2.42. The van der Waals surface area contributed by atoms with Gasteiger partial charge in [0.25, 0.3) is 5.91 Å². The molecule has 3 N–H and O–H groups in total. The largest absolute Gasteiger partial charge is 0.459 e. The first-order valence-electron chi connectivity index (χ1n) is 6.25. The summed E-state index contributed by atoms with van der Waals surface area (Å²) in [6.45, 7) is 0.333. The Bertz CT molecular complexity index is 458. The van der Waals surface area contributed by atoms with Gasteiger partial charge in [-0.15, -0.1) is 0 Å². The summed E-state index contributed by atoms with van der Waals surface area (Å²) in [5.41, 5.74) is 0. The predicted octanol–water partition coefficient (Wildman–Crippen LogP) is 1.13. The van der Waals surface area contributed by atoms with Crippen LogP contribution >= 0.6 is 0 Å². The van der Waals surface area contributed by atoms with Crippen LogP contribution in [0.4, 0.5) is 13.2 Å². The number of amides is 1. The number of furan rings is 1. The van der Waals surface area contributed by atoms with Crippen molar-refractivity contribution in [3.63, 3.8) is 0 Å². The highest BCUT2D eigenvalue weighted by atomic mass is 19.4. The van der Waals surface area contributed by atoms with E-state index in [1.54, 1.807) is 6.07 Å². The van der Waals surface area contributed by atoms with E-state index in [1.807, 2.05) is 0 Å². The molecule has 0 bridgehead atoms. The number of rotatable bonds is 6. The lowest BCUT2D eigenvalue weighted by atomic mass is 10.4. The van der Waals surface area contributed by atoms with Gasteiger partial charge in [-0.05, 0) is 12.1 Å². The van der Waals surface area contributed by atoms with E-state index in [4.69, 9.17) is 4.42 Å². The van der Waals surface area contributed by atoms with E-state index in [1.165, 1.54) is 19.4 Å². The van der Waals surface area contributed by atoms with E-state index in [2.05, 4.69) is 20.9 Å². The summed E-state index contributed by atoms with van der Waals surface area (Å²) in [5.74, 6) is 0.0796. The number of carbonyl (C=O) groups is 1. The van der Waals surface area contributed by atoms with Crippen LogP contribution in [0.25, 0.3) is 0 Å². The maximum atomic E-state index is 12.0. The van der Waals surface area contributed by atoms with Gasteiger partial charge in [-0.3, -0.25) is 9.79 Å². The SMILES string of the molecule is CN=C(NCCNC(=O)c1ccco1)NCCC(F)(F)F. The van der Waals surface area contributed by atoms with Crippen LogP contribution in [0.2, 0.25) is 0 Å². The van der Waals surface area contributed by atoms with Crippen LogP contribution in [0.1, 0.15) is 17.0 Å². The highest BCUT2D eigenvalue weighted by molar-refractivity contribution is 5.91. The monoisotopic (exact) mass is 306 g/mol. The van der Waals surface area contributed by atoms with Gasteiger partial charge in [0.05, 0.1) is 12.7 Å². The van der Waals surface area contributed by atoms with E-state index in [-0.39, 0.29) is 30.7 Å². The Balaban J connectivity index is 2.16. The fourth-order valence-corrected chi connectivity index (χ4v) is 1.40. The Morgan fingerprint density at radius 3 is 2.48 bits per heavy atom. The van der Waals surface area contributed by atoms with Crippen molar-refractivity contribution in [2.24, 2.45) is 4.99 Å². The van der Waals surface area contributed by atoms with Crippen LogP contribution in [0.3, 0.4) is 0 Å². The number of nitrogens with zero attached hydrogens (tertiary/aromatic N) is 1. The molecule has 0 aliphatic heterocycles. The minimum Gasteiger partial charge on any atom is -0.459 e. The van der Waals surface area contributed by atoms with E-state index in [0.717, 1.165) is 0 Å². The van der Waals surface area contributed by atoms with Crippen LogP contribution in [0.5, 0.6) is 0 Å². The molecule has 0 aromatic carbocycles. The maximum absolute atomic E-state index is 12.0. The highest BCUT2D eigenvalue weighted by Crippen LogP contribution is 2.17. The normalized spacial score (nSPS) is 12.1. The molecule has 0 saturated carbocycles. The van der Waals surface area contributed by atoms with Gasteiger partial charge in [-0.1, -0.05) is 0 Å². The average Bonchev–Trinajstić information content (AvgIpc) is 2.94. The zero-order valence-electron chi connectivity index (χ0n) is 11.5. The third-order valence-corrected chi connectivity index (χ3v) is 2.37. The van der Waals surface area contributed by atoms with E-state index < -0.39 is 12.6 Å². The molecule has 9 heteroatoms. The minimum atomic E-state index is -4.21. The molecule has 1 amide bonds. The number of alkyl halides is 3. The predicted molar refractivity (Wildman–Crippen MR) is 71.1 cm³/mol. The molecule has 0 radical (unpaired) electrons. The number of guanidine groups is 1. The van der Waals surface area contributed by atoms with Crippen molar-refractivity contribution >= 4 is 11.9 Å². The lowest BCUT2D eigenvalue weighted by Gasteiger charge is -2.13. The topological polar surface area (TPSA) is 78.7 Å². The van der Waals surface area contributed by atoms with Gasteiger partial charge in [0.1, 0.15) is 0 Å². The smallest absolute Gasteiger partial charge is 0.390 e. The molecule has 0 atom stereocenters. The number of hydrogen-bond donors (Lipinski definition) is 3. The van der Waals surface area contributed by atoms with Crippen LogP contribution in [-0.2, 0) is 0 Å². The van der Waals surface area contributed by atoms with Gasteiger partial charge in [-0.25, -0.2) is 0 Å². The first-order chi connectivity index (χ1) is 9.92. The van der Waals surface area contributed by atoms with Crippen molar-refractivity contribution in [1.29, 1.82) is 0 Å². The molecule has 0 saturated heterocycles. The zero-order chi connectivity index (χ0) is 15.7. The quantitative estimate of drug-likeness (QED) is 0.418. The van der Waals surface area contributed by atoms with Crippen molar-refractivity contribution in [3.05, 3.63) is 24.2 Å². The second-order valence-electron chi connectivity index (χ2n) is 4.02. The summed E-state index contributed by atoms with van der Waals surface area (Å²) in [6, 6.07) is 3.12. The third kappa shape index (κ3) is 7.23. The Kier molecular flexibility index (Phi) is 6.57. The molecule has 0 spiro atoms. The van der Waals surface area contributed by atoms with Gasteiger partial charge in [0.2, 0.25) is 0 Å². The summed E-state index contributed by atoms with van der Waals surface area (Å²) in [6.07, 6.45) is -3.76. The second kappa shape index (κ2) is 8.18. The summed E-state index contributed by atoms with van der Waals surface area (Å²) < 4.78 is 40.9. The lowest BCUT2D eigenvalue weighted by molar-refractivity contribution is -0.132. The molecule has 1 aromatic rings. The summed E-state index contributed by atoms with van der Waals surface area (Å²) in [4.78, 5) is 15.3. The molecular formula is C12H17F3N4O2. The molecule has 0 unspecified atom stereocenters. The standard InChI is InChI=1S/C12H17F3N4O2/c1-16-11(18-5-4-12(13,14)15)19-7-6-17-10(20)9-3-2-8-21-9/h2-3,8H,4-7H2,1H3,(H,17,20)(H2,16,18,19). The number of aliphatic imine (C=N–C) groups is 1. The number of carbonyl (C=O) groups excluding carboxylic acids is 1. The van der Waals surface area contributed by atoms with Crippen LogP contribution in [0.15, 0.2) is 27.8 Å². The molecule has 1 rings (SSSR count). The fourth-order valence-electron chi connectivity index (χ4n) is 1.40. The van der Waals surface area contributed by atoms with Gasteiger partial charge in [0, 0.05) is 26.7 Å². The Morgan fingerprint density at radius 2 is 1.90 bits per heavy atom. The average molecular weight is 306 g/mol. The van der Waals surface area contributed by atoms with Gasteiger partial charge < -0.3 is 20.4 Å². The molecule has 0 aliphatic rings. The molecule has 6 nitrogen and oxygen atoms in total. The van der Waals surface area contributed by atoms with Gasteiger partial charge >= 0.3 is 6.18 Å². The first kappa shape index (κ1) is 16.9. The maximum Gasteiger partial charge on any atom is 0.390 e. The zero-order valence-corrected chi connectivity index (χ0v) is 11.5. The van der Waals surface area contributed by atoms with Crippen molar-refractivity contribution in [2.45, 2.75) is 12.6 Å². The summed E-state index contributed by atoms with van der Waals surface area (Å²) in [7, 11) is 1.45. The number of hydrogen-bond acceptors (Lipinski definition) is 3. The molecule has 21 heavy (non-hydrogen) atoms. The van der Waals surface area contributed by atoms with E-state index >= 15 is 0 Å². The first-order valence-corrected chi connectivity index (χ1v) is 6.25. The fraction of sp³-hybridized carbons (Fsp3) is 0.500. The van der Waals surface area contributed by atoms with Crippen molar-refractivity contribution in [2.75, 3.05) is 26.7 Å². The Morgan fingerprint density at radius 1 is 1.24 bits per heavy atom. The van der Waals surface area contributed by atoms with Gasteiger partial charge in [-0.2, -0.15) is 13.2 Å².